The molecule has 2 aromatic carbocycles. The molecule has 2 aromatic rings. The summed E-state index contributed by atoms with van der Waals surface area (Å²) < 4.78 is 27.4. The van der Waals surface area contributed by atoms with Crippen molar-refractivity contribution in [1.82, 2.24) is 5.32 Å². The van der Waals surface area contributed by atoms with E-state index in [1.165, 1.54) is 23.3 Å². The maximum Gasteiger partial charge on any atom is 0.128 e. The molecule has 0 aliphatic carbocycles. The first-order valence-electron chi connectivity index (χ1n) is 7.25. The van der Waals surface area contributed by atoms with E-state index in [4.69, 9.17) is 0 Å². The Balaban J connectivity index is 2.30. The highest BCUT2D eigenvalue weighted by Crippen LogP contribution is 2.23. The van der Waals surface area contributed by atoms with Gasteiger partial charge in [0.1, 0.15) is 11.6 Å². The van der Waals surface area contributed by atoms with Crippen LogP contribution in [0.4, 0.5) is 8.78 Å². The predicted octanol–water partition coefficient (Wildman–Crippen LogP) is 4.47. The minimum absolute atomic E-state index is 0.229. The van der Waals surface area contributed by atoms with Crippen molar-refractivity contribution in [3.63, 3.8) is 0 Å². The first-order valence-corrected chi connectivity index (χ1v) is 7.25. The van der Waals surface area contributed by atoms with Gasteiger partial charge >= 0.3 is 0 Å². The zero-order chi connectivity index (χ0) is 15.4. The zero-order valence-electron chi connectivity index (χ0n) is 12.7. The normalized spacial score (nSPS) is 12.4. The van der Waals surface area contributed by atoms with E-state index in [1.807, 2.05) is 13.0 Å². The van der Waals surface area contributed by atoms with Crippen molar-refractivity contribution in [3.8, 4) is 0 Å². The third kappa shape index (κ3) is 3.88. The number of hydrogen-bond donors (Lipinski definition) is 1. The van der Waals surface area contributed by atoms with E-state index in [1.54, 1.807) is 0 Å². The van der Waals surface area contributed by atoms with Gasteiger partial charge in [-0.15, -0.1) is 0 Å². The van der Waals surface area contributed by atoms with Gasteiger partial charge in [0.15, 0.2) is 0 Å². The molecule has 2 rings (SSSR count). The molecule has 0 heterocycles. The van der Waals surface area contributed by atoms with Crippen LogP contribution in [0.25, 0.3) is 0 Å². The Labute approximate surface area is 125 Å². The van der Waals surface area contributed by atoms with Gasteiger partial charge in [0.2, 0.25) is 0 Å². The van der Waals surface area contributed by atoms with E-state index in [9.17, 15) is 8.78 Å². The standard InChI is InChI=1S/C18H21F2N/c1-4-21-18(16-11-15(19)7-8-17(16)20)10-14-6-5-12(2)13(3)9-14/h5-9,11,18,21H,4,10H2,1-3H3. The van der Waals surface area contributed by atoms with Crippen molar-refractivity contribution in [2.24, 2.45) is 0 Å². The quantitative estimate of drug-likeness (QED) is 0.856. The van der Waals surface area contributed by atoms with Crippen molar-refractivity contribution in [2.45, 2.75) is 33.2 Å². The second kappa shape index (κ2) is 6.81. The summed E-state index contributed by atoms with van der Waals surface area (Å²) >= 11 is 0. The molecule has 0 aromatic heterocycles. The minimum Gasteiger partial charge on any atom is -0.310 e. The lowest BCUT2D eigenvalue weighted by atomic mass is 9.96. The lowest BCUT2D eigenvalue weighted by Gasteiger charge is -2.20. The highest BCUT2D eigenvalue weighted by atomic mass is 19.1. The summed E-state index contributed by atoms with van der Waals surface area (Å²) in [6.07, 6.45) is 0.634. The van der Waals surface area contributed by atoms with Crippen LogP contribution in [-0.2, 0) is 6.42 Å². The topological polar surface area (TPSA) is 12.0 Å². The van der Waals surface area contributed by atoms with E-state index in [0.717, 1.165) is 11.6 Å². The molecule has 112 valence electrons. The number of aryl methyl sites for hydroxylation is 2. The van der Waals surface area contributed by atoms with Crippen LogP contribution in [0.5, 0.6) is 0 Å². The number of hydrogen-bond acceptors (Lipinski definition) is 1. The van der Waals surface area contributed by atoms with E-state index >= 15 is 0 Å². The monoisotopic (exact) mass is 289 g/mol. The molecule has 0 fully saturated rings. The molecule has 3 heteroatoms. The number of nitrogens with one attached hydrogen (secondary N) is 1. The minimum atomic E-state index is -0.408. The Bertz CT molecular complexity index is 623. The van der Waals surface area contributed by atoms with Gasteiger partial charge in [-0.2, -0.15) is 0 Å². The number of rotatable bonds is 5. The van der Waals surface area contributed by atoms with Crippen molar-refractivity contribution in [3.05, 3.63) is 70.3 Å². The van der Waals surface area contributed by atoms with Crippen LogP contribution >= 0.6 is 0 Å². The van der Waals surface area contributed by atoms with Gasteiger partial charge in [-0.1, -0.05) is 25.1 Å². The molecule has 0 saturated heterocycles. The number of halogens is 2. The van der Waals surface area contributed by atoms with Crippen LogP contribution < -0.4 is 5.32 Å². The lowest BCUT2D eigenvalue weighted by Crippen LogP contribution is -2.24. The molecular weight excluding hydrogens is 268 g/mol. The second-order valence-electron chi connectivity index (χ2n) is 5.40. The first kappa shape index (κ1) is 15.6. The van der Waals surface area contributed by atoms with Crippen LogP contribution in [-0.4, -0.2) is 6.54 Å². The lowest BCUT2D eigenvalue weighted by molar-refractivity contribution is 0.502. The Morgan fingerprint density at radius 2 is 1.76 bits per heavy atom. The Kier molecular flexibility index (Phi) is 5.07. The maximum absolute atomic E-state index is 14.0. The molecular formula is C18H21F2N. The Hall–Kier alpha value is -1.74. The van der Waals surface area contributed by atoms with Crippen LogP contribution in [0.2, 0.25) is 0 Å². The summed E-state index contributed by atoms with van der Waals surface area (Å²) in [5.41, 5.74) is 3.95. The van der Waals surface area contributed by atoms with Crippen molar-refractivity contribution in [2.75, 3.05) is 6.54 Å². The van der Waals surface area contributed by atoms with Crippen molar-refractivity contribution in [1.29, 1.82) is 0 Å². The molecule has 0 aliphatic rings. The third-order valence-corrected chi connectivity index (χ3v) is 3.80. The maximum atomic E-state index is 14.0. The fourth-order valence-corrected chi connectivity index (χ4v) is 2.49. The van der Waals surface area contributed by atoms with Crippen LogP contribution in [0, 0.1) is 25.5 Å². The summed E-state index contributed by atoms with van der Waals surface area (Å²) in [4.78, 5) is 0. The molecule has 0 spiro atoms. The van der Waals surface area contributed by atoms with E-state index in [2.05, 4.69) is 31.3 Å². The summed E-state index contributed by atoms with van der Waals surface area (Å²) in [7, 11) is 0. The highest BCUT2D eigenvalue weighted by Gasteiger charge is 2.16. The Morgan fingerprint density at radius 1 is 1.00 bits per heavy atom. The largest absolute Gasteiger partial charge is 0.310 e. The van der Waals surface area contributed by atoms with Gasteiger partial charge < -0.3 is 5.32 Å². The van der Waals surface area contributed by atoms with Gasteiger partial charge in [0.05, 0.1) is 0 Å². The fraction of sp³-hybridized carbons (Fsp3) is 0.333. The SMILES string of the molecule is CCNC(Cc1ccc(C)c(C)c1)c1cc(F)ccc1F. The molecule has 0 radical (unpaired) electrons. The van der Waals surface area contributed by atoms with Gasteiger partial charge in [0.25, 0.3) is 0 Å². The summed E-state index contributed by atoms with van der Waals surface area (Å²) in [5, 5.41) is 3.24. The highest BCUT2D eigenvalue weighted by molar-refractivity contribution is 5.32. The van der Waals surface area contributed by atoms with E-state index in [0.29, 0.717) is 18.5 Å². The first-order chi connectivity index (χ1) is 10.0. The molecule has 0 saturated carbocycles. The van der Waals surface area contributed by atoms with Crippen molar-refractivity contribution >= 4 is 0 Å². The smallest absolute Gasteiger partial charge is 0.128 e. The number of likely N-dealkylation sites (N-methyl/N-ethyl adjacent to an activating group) is 1. The van der Waals surface area contributed by atoms with Gasteiger partial charge in [-0.05, 0) is 61.7 Å². The molecule has 1 nitrogen and oxygen atoms in total. The Morgan fingerprint density at radius 3 is 2.43 bits per heavy atom. The summed E-state index contributed by atoms with van der Waals surface area (Å²) in [5.74, 6) is -0.777. The van der Waals surface area contributed by atoms with Crippen LogP contribution in [0.1, 0.15) is 35.2 Å². The average Bonchev–Trinajstić information content (AvgIpc) is 2.45. The third-order valence-electron chi connectivity index (χ3n) is 3.80. The number of benzene rings is 2. The van der Waals surface area contributed by atoms with Crippen LogP contribution in [0.3, 0.4) is 0 Å². The molecule has 0 aliphatic heterocycles. The molecule has 0 bridgehead atoms. The molecule has 1 N–H and O–H groups in total. The molecule has 1 unspecified atom stereocenters. The molecule has 0 amide bonds. The fourth-order valence-electron chi connectivity index (χ4n) is 2.49. The summed E-state index contributed by atoms with van der Waals surface area (Å²) in [6.45, 7) is 6.78. The van der Waals surface area contributed by atoms with Crippen molar-refractivity contribution < 1.29 is 8.78 Å². The summed E-state index contributed by atoms with van der Waals surface area (Å²) in [6, 6.07) is 9.61. The predicted molar refractivity (Wildman–Crippen MR) is 82.4 cm³/mol. The average molecular weight is 289 g/mol. The van der Waals surface area contributed by atoms with E-state index in [-0.39, 0.29) is 11.9 Å². The van der Waals surface area contributed by atoms with Crippen LogP contribution in [0.15, 0.2) is 36.4 Å². The molecule has 1 atom stereocenters. The van der Waals surface area contributed by atoms with Gasteiger partial charge in [0, 0.05) is 11.6 Å². The second-order valence-corrected chi connectivity index (χ2v) is 5.40. The zero-order valence-corrected chi connectivity index (χ0v) is 12.7. The van der Waals surface area contributed by atoms with E-state index < -0.39 is 5.82 Å². The van der Waals surface area contributed by atoms with Gasteiger partial charge in [-0.3, -0.25) is 0 Å². The van der Waals surface area contributed by atoms with Gasteiger partial charge in [-0.25, -0.2) is 8.78 Å². The molecule has 21 heavy (non-hydrogen) atoms.